The molecule has 0 saturated carbocycles. The molecule has 22 heavy (non-hydrogen) atoms. The summed E-state index contributed by atoms with van der Waals surface area (Å²) in [5.74, 6) is 0.372. The molecule has 0 radical (unpaired) electrons. The van der Waals surface area contributed by atoms with E-state index in [1.54, 1.807) is 0 Å². The summed E-state index contributed by atoms with van der Waals surface area (Å²) in [5.41, 5.74) is 2.80. The van der Waals surface area contributed by atoms with Crippen LogP contribution in [0.25, 0.3) is 21.5 Å². The van der Waals surface area contributed by atoms with E-state index in [-0.39, 0.29) is 0 Å². The van der Waals surface area contributed by atoms with Gasteiger partial charge in [0, 0.05) is 5.92 Å². The van der Waals surface area contributed by atoms with Crippen LogP contribution in [-0.2, 0) is 0 Å². The first-order valence-electron chi connectivity index (χ1n) is 7.80. The Hall–Kier alpha value is -2.60. The molecule has 4 rings (SSSR count). The molecule has 106 valence electrons. The van der Waals surface area contributed by atoms with Gasteiger partial charge in [0.25, 0.3) is 0 Å². The van der Waals surface area contributed by atoms with E-state index in [0.29, 0.717) is 5.92 Å². The van der Waals surface area contributed by atoms with Crippen molar-refractivity contribution in [3.8, 4) is 0 Å². The first-order chi connectivity index (χ1) is 10.8. The minimum atomic E-state index is 0.372. The van der Waals surface area contributed by atoms with Crippen LogP contribution >= 0.6 is 0 Å². The molecular formula is C22H18. The van der Waals surface area contributed by atoms with Crippen LogP contribution in [0, 0.1) is 0 Å². The number of rotatable bonds is 2. The average Bonchev–Trinajstić information content (AvgIpc) is 2.60. The van der Waals surface area contributed by atoms with E-state index in [1.807, 2.05) is 0 Å². The Balaban J connectivity index is 2.08. The Kier molecular flexibility index (Phi) is 3.16. The van der Waals surface area contributed by atoms with E-state index < -0.39 is 0 Å². The van der Waals surface area contributed by atoms with Gasteiger partial charge in [0.2, 0.25) is 0 Å². The van der Waals surface area contributed by atoms with Crippen LogP contribution in [0.1, 0.15) is 24.0 Å². The lowest BCUT2D eigenvalue weighted by Gasteiger charge is -2.18. The molecule has 0 N–H and O–H groups in total. The maximum atomic E-state index is 2.31. The molecule has 0 saturated heterocycles. The van der Waals surface area contributed by atoms with E-state index in [1.165, 1.54) is 32.7 Å². The second-order valence-electron chi connectivity index (χ2n) is 5.86. The minimum Gasteiger partial charge on any atom is -0.0622 e. The summed E-state index contributed by atoms with van der Waals surface area (Å²) in [6.45, 7) is 2.31. The Bertz CT molecular complexity index is 882. The van der Waals surface area contributed by atoms with Crippen LogP contribution in [0.4, 0.5) is 0 Å². The maximum absolute atomic E-state index is 2.31. The Labute approximate surface area is 131 Å². The van der Waals surface area contributed by atoms with Gasteiger partial charge in [-0.3, -0.25) is 0 Å². The predicted octanol–water partition coefficient (Wildman–Crippen LogP) is 6.14. The number of hydrogen-bond donors (Lipinski definition) is 0. The maximum Gasteiger partial charge on any atom is 0.00733 e. The zero-order valence-electron chi connectivity index (χ0n) is 12.7. The smallest absolute Gasteiger partial charge is 0.00733 e. The van der Waals surface area contributed by atoms with Crippen LogP contribution in [0.15, 0.2) is 84.9 Å². The Morgan fingerprint density at radius 1 is 0.591 bits per heavy atom. The first-order valence-corrected chi connectivity index (χ1v) is 7.80. The quantitative estimate of drug-likeness (QED) is 0.387. The summed E-state index contributed by atoms with van der Waals surface area (Å²) >= 11 is 0. The van der Waals surface area contributed by atoms with E-state index in [2.05, 4.69) is 91.9 Å². The van der Waals surface area contributed by atoms with Crippen molar-refractivity contribution in [2.75, 3.05) is 0 Å². The van der Waals surface area contributed by atoms with Crippen molar-refractivity contribution in [2.45, 2.75) is 12.8 Å². The number of fused-ring (bicyclic) bond motifs is 2. The topological polar surface area (TPSA) is 0 Å². The first kappa shape index (κ1) is 13.1. The molecule has 4 aromatic rings. The van der Waals surface area contributed by atoms with Crippen molar-refractivity contribution in [2.24, 2.45) is 0 Å². The lowest BCUT2D eigenvalue weighted by molar-refractivity contribution is 0.943. The van der Waals surface area contributed by atoms with E-state index in [9.17, 15) is 0 Å². The number of hydrogen-bond acceptors (Lipinski definition) is 0. The molecule has 0 bridgehead atoms. The fraction of sp³-hybridized carbons (Fsp3) is 0.0909. The zero-order valence-corrected chi connectivity index (χ0v) is 12.7. The summed E-state index contributed by atoms with van der Waals surface area (Å²) < 4.78 is 0. The lowest BCUT2D eigenvalue weighted by Crippen LogP contribution is -1.98. The molecule has 4 aromatic carbocycles. The summed E-state index contributed by atoms with van der Waals surface area (Å²) in [7, 11) is 0. The van der Waals surface area contributed by atoms with Crippen molar-refractivity contribution in [3.05, 3.63) is 96.1 Å². The van der Waals surface area contributed by atoms with Crippen LogP contribution in [0.2, 0.25) is 0 Å². The summed E-state index contributed by atoms with van der Waals surface area (Å²) in [4.78, 5) is 0. The van der Waals surface area contributed by atoms with Crippen molar-refractivity contribution in [1.82, 2.24) is 0 Å². The fourth-order valence-electron chi connectivity index (χ4n) is 3.42. The van der Waals surface area contributed by atoms with E-state index in [4.69, 9.17) is 0 Å². The van der Waals surface area contributed by atoms with Crippen LogP contribution < -0.4 is 0 Å². The summed E-state index contributed by atoms with van der Waals surface area (Å²) in [6, 6.07) is 30.5. The molecule has 0 aliphatic heterocycles. The normalized spacial score (nSPS) is 12.6. The molecule has 0 aromatic heterocycles. The average molecular weight is 282 g/mol. The summed E-state index contributed by atoms with van der Waals surface area (Å²) in [6.07, 6.45) is 0. The largest absolute Gasteiger partial charge is 0.0622 e. The van der Waals surface area contributed by atoms with Gasteiger partial charge in [0.15, 0.2) is 0 Å². The molecule has 0 unspecified atom stereocenters. The third-order valence-corrected chi connectivity index (χ3v) is 4.55. The van der Waals surface area contributed by atoms with Crippen molar-refractivity contribution in [3.63, 3.8) is 0 Å². The fourth-order valence-corrected chi connectivity index (χ4v) is 3.42. The molecule has 0 fully saturated rings. The second kappa shape index (κ2) is 5.31. The zero-order chi connectivity index (χ0) is 14.9. The molecule has 0 aliphatic rings. The van der Waals surface area contributed by atoms with Crippen LogP contribution in [0.5, 0.6) is 0 Å². The highest BCUT2D eigenvalue weighted by molar-refractivity contribution is 6.03. The highest BCUT2D eigenvalue weighted by Crippen LogP contribution is 2.36. The highest BCUT2D eigenvalue weighted by Gasteiger charge is 2.15. The Morgan fingerprint density at radius 2 is 1.09 bits per heavy atom. The Morgan fingerprint density at radius 3 is 1.68 bits per heavy atom. The van der Waals surface area contributed by atoms with Gasteiger partial charge in [-0.1, -0.05) is 85.8 Å². The summed E-state index contributed by atoms with van der Waals surface area (Å²) in [5, 5.41) is 5.35. The van der Waals surface area contributed by atoms with Gasteiger partial charge in [0.05, 0.1) is 0 Å². The van der Waals surface area contributed by atoms with E-state index >= 15 is 0 Å². The third kappa shape index (κ3) is 2.08. The predicted molar refractivity (Wildman–Crippen MR) is 95.4 cm³/mol. The molecular weight excluding hydrogens is 264 g/mol. The SMILES string of the molecule is C[C@H](c1ccccc1)c1c2ccccc2cc2ccccc12. The molecule has 0 aliphatic carbocycles. The molecule has 0 spiro atoms. The molecule has 0 nitrogen and oxygen atoms in total. The highest BCUT2D eigenvalue weighted by atomic mass is 14.2. The minimum absolute atomic E-state index is 0.372. The van der Waals surface area contributed by atoms with Gasteiger partial charge in [-0.2, -0.15) is 0 Å². The van der Waals surface area contributed by atoms with Crippen LogP contribution in [0.3, 0.4) is 0 Å². The van der Waals surface area contributed by atoms with Crippen molar-refractivity contribution >= 4 is 21.5 Å². The molecule has 1 atom stereocenters. The van der Waals surface area contributed by atoms with Crippen molar-refractivity contribution < 1.29 is 0 Å². The molecule has 0 amide bonds. The number of benzene rings is 4. The van der Waals surface area contributed by atoms with Gasteiger partial charge in [-0.05, 0) is 38.7 Å². The van der Waals surface area contributed by atoms with Gasteiger partial charge in [-0.25, -0.2) is 0 Å². The second-order valence-corrected chi connectivity index (χ2v) is 5.86. The molecule has 0 heteroatoms. The monoisotopic (exact) mass is 282 g/mol. The lowest BCUT2D eigenvalue weighted by atomic mass is 9.85. The van der Waals surface area contributed by atoms with Gasteiger partial charge in [-0.15, -0.1) is 0 Å². The van der Waals surface area contributed by atoms with Crippen LogP contribution in [-0.4, -0.2) is 0 Å². The standard InChI is InChI=1S/C22H18/c1-16(17-9-3-2-4-10-17)22-20-13-7-5-11-18(20)15-19-12-6-8-14-21(19)22/h2-16H,1H3/t16-/m1/s1. The van der Waals surface area contributed by atoms with Gasteiger partial charge < -0.3 is 0 Å². The van der Waals surface area contributed by atoms with E-state index in [0.717, 1.165) is 0 Å². The van der Waals surface area contributed by atoms with Gasteiger partial charge in [0.1, 0.15) is 0 Å². The van der Waals surface area contributed by atoms with Crippen molar-refractivity contribution in [1.29, 1.82) is 0 Å². The van der Waals surface area contributed by atoms with Gasteiger partial charge >= 0.3 is 0 Å². The molecule has 0 heterocycles. The third-order valence-electron chi connectivity index (χ3n) is 4.55.